The van der Waals surface area contributed by atoms with Crippen molar-refractivity contribution in [3.63, 3.8) is 0 Å². The molecule has 8 heteroatoms. The highest BCUT2D eigenvalue weighted by molar-refractivity contribution is 7.92. The summed E-state index contributed by atoms with van der Waals surface area (Å²) in [7, 11) is -1.07. The van der Waals surface area contributed by atoms with E-state index in [1.54, 1.807) is 36.4 Å². The van der Waals surface area contributed by atoms with Crippen molar-refractivity contribution >= 4 is 21.6 Å². The summed E-state index contributed by atoms with van der Waals surface area (Å²) >= 11 is 0. The molecule has 0 aliphatic heterocycles. The lowest BCUT2D eigenvalue weighted by molar-refractivity contribution is -0.120. The number of rotatable bonds is 11. The number of sulfonamides is 1. The first-order chi connectivity index (χ1) is 16.8. The molecular formula is C27H32N2O5S. The van der Waals surface area contributed by atoms with Gasteiger partial charge in [0.1, 0.15) is 6.54 Å². The van der Waals surface area contributed by atoms with Gasteiger partial charge in [-0.25, -0.2) is 8.42 Å². The second-order valence-electron chi connectivity index (χ2n) is 8.52. The fourth-order valence-corrected chi connectivity index (χ4v) is 5.25. The Morgan fingerprint density at radius 1 is 0.886 bits per heavy atom. The number of ether oxygens (including phenoxy) is 2. The molecule has 0 aromatic heterocycles. The fraction of sp³-hybridized carbons (Fsp3) is 0.296. The molecule has 0 fully saturated rings. The minimum Gasteiger partial charge on any atom is -0.493 e. The zero-order valence-corrected chi connectivity index (χ0v) is 21.3. The Hall–Kier alpha value is -3.52. The van der Waals surface area contributed by atoms with Crippen molar-refractivity contribution in [2.24, 2.45) is 5.92 Å². The molecular weight excluding hydrogens is 464 g/mol. The van der Waals surface area contributed by atoms with Crippen LogP contribution in [0, 0.1) is 5.92 Å². The smallest absolute Gasteiger partial charge is 0.264 e. The van der Waals surface area contributed by atoms with Crippen molar-refractivity contribution in [1.82, 2.24) is 5.32 Å². The van der Waals surface area contributed by atoms with Crippen LogP contribution < -0.4 is 19.1 Å². The average Bonchev–Trinajstić information content (AvgIpc) is 2.87. The normalized spacial score (nSPS) is 12.1. The number of hydrogen-bond donors (Lipinski definition) is 1. The van der Waals surface area contributed by atoms with Crippen molar-refractivity contribution in [2.45, 2.75) is 31.2 Å². The van der Waals surface area contributed by atoms with E-state index >= 15 is 0 Å². The zero-order valence-electron chi connectivity index (χ0n) is 20.5. The summed E-state index contributed by atoms with van der Waals surface area (Å²) < 4.78 is 39.0. The Bertz CT molecular complexity index is 1210. The average molecular weight is 497 g/mol. The molecule has 35 heavy (non-hydrogen) atoms. The first-order valence-electron chi connectivity index (χ1n) is 11.4. The van der Waals surface area contributed by atoms with Crippen LogP contribution in [0.1, 0.15) is 31.9 Å². The number of nitrogens with one attached hydrogen (secondary N) is 1. The van der Waals surface area contributed by atoms with Gasteiger partial charge in [0.25, 0.3) is 10.0 Å². The summed E-state index contributed by atoms with van der Waals surface area (Å²) in [6, 6.07) is 22.2. The highest BCUT2D eigenvalue weighted by Gasteiger charge is 2.29. The third-order valence-electron chi connectivity index (χ3n) is 5.52. The molecule has 0 bridgehead atoms. The Morgan fingerprint density at radius 2 is 1.49 bits per heavy atom. The first-order valence-corrected chi connectivity index (χ1v) is 12.8. The highest BCUT2D eigenvalue weighted by Crippen LogP contribution is 2.34. The minimum absolute atomic E-state index is 0.0874. The van der Waals surface area contributed by atoms with Crippen molar-refractivity contribution in [2.75, 3.05) is 25.1 Å². The molecule has 0 spiro atoms. The van der Waals surface area contributed by atoms with Crippen LogP contribution in [-0.4, -0.2) is 35.1 Å². The highest BCUT2D eigenvalue weighted by atomic mass is 32.2. The summed E-state index contributed by atoms with van der Waals surface area (Å²) in [4.78, 5) is 13.4. The second-order valence-corrected chi connectivity index (χ2v) is 10.4. The van der Waals surface area contributed by atoms with E-state index < -0.39 is 22.5 Å². The summed E-state index contributed by atoms with van der Waals surface area (Å²) in [6.45, 7) is 3.77. The van der Waals surface area contributed by atoms with Gasteiger partial charge in [-0.05, 0) is 42.2 Å². The number of carbonyl (C=O) groups excluding carboxylic acids is 1. The molecule has 0 heterocycles. The van der Waals surface area contributed by atoms with Crippen LogP contribution in [0.4, 0.5) is 5.69 Å². The van der Waals surface area contributed by atoms with Gasteiger partial charge < -0.3 is 14.8 Å². The van der Waals surface area contributed by atoms with E-state index in [4.69, 9.17) is 9.47 Å². The third-order valence-corrected chi connectivity index (χ3v) is 7.31. The summed E-state index contributed by atoms with van der Waals surface area (Å²) in [5.74, 6) is 0.740. The molecule has 0 aliphatic rings. The Morgan fingerprint density at radius 3 is 2.06 bits per heavy atom. The number of hydrogen-bond acceptors (Lipinski definition) is 5. The van der Waals surface area contributed by atoms with Gasteiger partial charge in [0.15, 0.2) is 11.5 Å². The summed E-state index contributed by atoms with van der Waals surface area (Å²) in [6.07, 6.45) is 0.720. The van der Waals surface area contributed by atoms with Crippen molar-refractivity contribution in [1.29, 1.82) is 0 Å². The van der Waals surface area contributed by atoms with E-state index in [0.717, 1.165) is 16.3 Å². The van der Waals surface area contributed by atoms with E-state index in [2.05, 4.69) is 19.2 Å². The maximum absolute atomic E-state index is 13.6. The topological polar surface area (TPSA) is 84.9 Å². The van der Waals surface area contributed by atoms with Crippen molar-refractivity contribution in [3.05, 3.63) is 84.4 Å². The predicted octanol–water partition coefficient (Wildman–Crippen LogP) is 4.80. The molecule has 186 valence electrons. The van der Waals surface area contributed by atoms with Gasteiger partial charge in [0.2, 0.25) is 5.91 Å². The van der Waals surface area contributed by atoms with Gasteiger partial charge in [-0.1, -0.05) is 62.4 Å². The van der Waals surface area contributed by atoms with Gasteiger partial charge in [0, 0.05) is 6.07 Å². The molecule has 0 unspecified atom stereocenters. The number of benzene rings is 3. The number of nitrogens with zero attached hydrogens (tertiary/aromatic N) is 1. The standard InChI is InChI=1S/C27H32N2O5S/c1-20(2)17-24(21-11-7-5-8-12-21)28-27(30)19-29(35(31,32)23-13-9-6-10-14-23)22-15-16-25(33-3)26(18-22)34-4/h5-16,18,20,24H,17,19H2,1-4H3,(H,28,30)/t24-/m0/s1. The Balaban J connectivity index is 1.97. The van der Waals surface area contributed by atoms with E-state index in [1.807, 2.05) is 30.3 Å². The van der Waals surface area contributed by atoms with Gasteiger partial charge in [-0.3, -0.25) is 9.10 Å². The van der Waals surface area contributed by atoms with E-state index in [0.29, 0.717) is 23.1 Å². The fourth-order valence-electron chi connectivity index (χ4n) is 3.82. The molecule has 0 saturated carbocycles. The molecule has 1 N–H and O–H groups in total. The second kappa shape index (κ2) is 11.8. The minimum atomic E-state index is -4.04. The maximum Gasteiger partial charge on any atom is 0.264 e. The zero-order chi connectivity index (χ0) is 25.4. The monoisotopic (exact) mass is 496 g/mol. The maximum atomic E-state index is 13.6. The van der Waals surface area contributed by atoms with E-state index in [1.165, 1.54) is 26.4 Å². The Labute approximate surface area is 207 Å². The van der Waals surface area contributed by atoms with Crippen LogP contribution in [0.15, 0.2) is 83.8 Å². The number of anilines is 1. The number of carbonyl (C=O) groups is 1. The molecule has 1 amide bonds. The van der Waals surface area contributed by atoms with E-state index in [9.17, 15) is 13.2 Å². The summed E-state index contributed by atoms with van der Waals surface area (Å²) in [5.41, 5.74) is 1.26. The van der Waals surface area contributed by atoms with Crippen LogP contribution in [0.25, 0.3) is 0 Å². The molecule has 3 aromatic carbocycles. The number of amides is 1. The molecule has 1 atom stereocenters. The van der Waals surface area contributed by atoms with Crippen LogP contribution >= 0.6 is 0 Å². The lowest BCUT2D eigenvalue weighted by Gasteiger charge is -2.27. The first kappa shape index (κ1) is 26.1. The molecule has 3 rings (SSSR count). The van der Waals surface area contributed by atoms with Crippen molar-refractivity contribution < 1.29 is 22.7 Å². The SMILES string of the molecule is COc1ccc(N(CC(=O)N[C@@H](CC(C)C)c2ccccc2)S(=O)(=O)c2ccccc2)cc1OC. The van der Waals surface area contributed by atoms with Crippen LogP contribution in [0.5, 0.6) is 11.5 Å². The van der Waals surface area contributed by atoms with Crippen LogP contribution in [-0.2, 0) is 14.8 Å². The van der Waals surface area contributed by atoms with Gasteiger partial charge >= 0.3 is 0 Å². The molecule has 7 nitrogen and oxygen atoms in total. The largest absolute Gasteiger partial charge is 0.493 e. The molecule has 0 radical (unpaired) electrons. The van der Waals surface area contributed by atoms with Crippen molar-refractivity contribution in [3.8, 4) is 11.5 Å². The molecule has 0 saturated heterocycles. The third kappa shape index (κ3) is 6.54. The van der Waals surface area contributed by atoms with Gasteiger partial charge in [0.05, 0.1) is 30.8 Å². The van der Waals surface area contributed by atoms with Gasteiger partial charge in [-0.15, -0.1) is 0 Å². The van der Waals surface area contributed by atoms with Crippen LogP contribution in [0.2, 0.25) is 0 Å². The Kier molecular flexibility index (Phi) is 8.76. The molecule has 0 aliphatic carbocycles. The number of methoxy groups -OCH3 is 2. The van der Waals surface area contributed by atoms with E-state index in [-0.39, 0.29) is 10.9 Å². The molecule has 3 aromatic rings. The lowest BCUT2D eigenvalue weighted by atomic mass is 9.97. The predicted molar refractivity (Wildman–Crippen MR) is 137 cm³/mol. The summed E-state index contributed by atoms with van der Waals surface area (Å²) in [5, 5.41) is 3.04. The lowest BCUT2D eigenvalue weighted by Crippen LogP contribution is -2.42. The van der Waals surface area contributed by atoms with Gasteiger partial charge in [-0.2, -0.15) is 0 Å². The quantitative estimate of drug-likeness (QED) is 0.412. The van der Waals surface area contributed by atoms with Crippen LogP contribution in [0.3, 0.4) is 0 Å².